The van der Waals surface area contributed by atoms with Crippen molar-refractivity contribution >= 4 is 5.91 Å². The van der Waals surface area contributed by atoms with Crippen LogP contribution in [-0.2, 0) is 4.79 Å². The highest BCUT2D eigenvalue weighted by Gasteiger charge is 2.08. The summed E-state index contributed by atoms with van der Waals surface area (Å²) >= 11 is 0. The smallest absolute Gasteiger partial charge is 0.216 e. The van der Waals surface area contributed by atoms with E-state index in [1.165, 1.54) is 12.6 Å². The standard InChI is InChI=1S/C9H17N3O/c1-3-12-6-9(11-7-12)4-5-10-8(2)13/h6,11H,3-5,7H2,1-2H3,(H,10,13). The molecule has 0 unspecified atom stereocenters. The van der Waals surface area contributed by atoms with Gasteiger partial charge in [0.15, 0.2) is 0 Å². The number of hydrogen-bond acceptors (Lipinski definition) is 3. The van der Waals surface area contributed by atoms with Crippen molar-refractivity contribution in [3.63, 3.8) is 0 Å². The minimum atomic E-state index is 0.0333. The van der Waals surface area contributed by atoms with Gasteiger partial charge in [0.05, 0.1) is 6.67 Å². The van der Waals surface area contributed by atoms with Crippen molar-refractivity contribution in [3.8, 4) is 0 Å². The molecule has 0 saturated carbocycles. The highest BCUT2D eigenvalue weighted by Crippen LogP contribution is 2.05. The van der Waals surface area contributed by atoms with Crippen LogP contribution in [0.2, 0.25) is 0 Å². The zero-order valence-electron chi connectivity index (χ0n) is 8.26. The molecule has 0 radical (unpaired) electrons. The molecule has 0 aliphatic carbocycles. The third-order valence-corrected chi connectivity index (χ3v) is 2.02. The van der Waals surface area contributed by atoms with Gasteiger partial charge in [-0.05, 0) is 6.92 Å². The van der Waals surface area contributed by atoms with Crippen LogP contribution in [0.4, 0.5) is 0 Å². The quantitative estimate of drug-likeness (QED) is 0.656. The molecule has 0 atom stereocenters. The zero-order valence-corrected chi connectivity index (χ0v) is 8.26. The van der Waals surface area contributed by atoms with Crippen molar-refractivity contribution < 1.29 is 4.79 Å². The molecule has 1 aliphatic rings. The number of rotatable bonds is 4. The summed E-state index contributed by atoms with van der Waals surface area (Å²) in [6.45, 7) is 6.29. The summed E-state index contributed by atoms with van der Waals surface area (Å²) in [5.74, 6) is 0.0333. The minimum Gasteiger partial charge on any atom is -0.370 e. The highest BCUT2D eigenvalue weighted by molar-refractivity contribution is 5.72. The second kappa shape index (κ2) is 4.74. The Labute approximate surface area is 79.0 Å². The molecule has 74 valence electrons. The monoisotopic (exact) mass is 183 g/mol. The van der Waals surface area contributed by atoms with Gasteiger partial charge in [-0.2, -0.15) is 0 Å². The summed E-state index contributed by atoms with van der Waals surface area (Å²) in [6, 6.07) is 0. The van der Waals surface area contributed by atoms with Crippen LogP contribution in [-0.4, -0.2) is 30.6 Å². The molecule has 2 N–H and O–H groups in total. The summed E-state index contributed by atoms with van der Waals surface area (Å²) in [5, 5.41) is 6.03. The third kappa shape index (κ3) is 3.36. The topological polar surface area (TPSA) is 44.4 Å². The Morgan fingerprint density at radius 3 is 3.08 bits per heavy atom. The number of nitrogens with zero attached hydrogens (tertiary/aromatic N) is 1. The van der Waals surface area contributed by atoms with Crippen molar-refractivity contribution in [1.29, 1.82) is 0 Å². The first-order valence-electron chi connectivity index (χ1n) is 4.65. The lowest BCUT2D eigenvalue weighted by Crippen LogP contribution is -2.24. The Morgan fingerprint density at radius 1 is 1.77 bits per heavy atom. The van der Waals surface area contributed by atoms with Crippen LogP contribution in [0.5, 0.6) is 0 Å². The molecule has 1 aliphatic heterocycles. The van der Waals surface area contributed by atoms with Gasteiger partial charge in [0.1, 0.15) is 0 Å². The lowest BCUT2D eigenvalue weighted by atomic mass is 10.3. The molecule has 1 rings (SSSR count). The van der Waals surface area contributed by atoms with E-state index in [1.807, 2.05) is 0 Å². The van der Waals surface area contributed by atoms with Crippen LogP contribution in [0.1, 0.15) is 20.3 Å². The Morgan fingerprint density at radius 2 is 2.54 bits per heavy atom. The highest BCUT2D eigenvalue weighted by atomic mass is 16.1. The molecule has 0 aromatic carbocycles. The van der Waals surface area contributed by atoms with Gasteiger partial charge in [-0.1, -0.05) is 0 Å². The van der Waals surface area contributed by atoms with Gasteiger partial charge in [-0.25, -0.2) is 0 Å². The van der Waals surface area contributed by atoms with Crippen molar-refractivity contribution in [2.75, 3.05) is 19.8 Å². The van der Waals surface area contributed by atoms with E-state index < -0.39 is 0 Å². The first-order chi connectivity index (χ1) is 6.22. The van der Waals surface area contributed by atoms with Crippen LogP contribution in [0.3, 0.4) is 0 Å². The molecule has 0 spiro atoms. The number of nitrogens with one attached hydrogen (secondary N) is 2. The fraction of sp³-hybridized carbons (Fsp3) is 0.667. The normalized spacial score (nSPS) is 15.2. The lowest BCUT2D eigenvalue weighted by molar-refractivity contribution is -0.118. The molecule has 0 aromatic heterocycles. The molecular weight excluding hydrogens is 166 g/mol. The van der Waals surface area contributed by atoms with E-state index in [0.717, 1.165) is 19.6 Å². The van der Waals surface area contributed by atoms with Gasteiger partial charge in [-0.15, -0.1) is 0 Å². The van der Waals surface area contributed by atoms with E-state index in [1.54, 1.807) is 0 Å². The van der Waals surface area contributed by atoms with Crippen LogP contribution in [0.15, 0.2) is 11.9 Å². The third-order valence-electron chi connectivity index (χ3n) is 2.02. The molecule has 13 heavy (non-hydrogen) atoms. The Kier molecular flexibility index (Phi) is 3.61. The second-order valence-corrected chi connectivity index (χ2v) is 3.13. The molecule has 4 heteroatoms. The SMILES string of the molecule is CCN1C=C(CCNC(C)=O)NC1. The van der Waals surface area contributed by atoms with E-state index in [0.29, 0.717) is 6.54 Å². The van der Waals surface area contributed by atoms with Crippen LogP contribution in [0, 0.1) is 0 Å². The predicted molar refractivity (Wildman–Crippen MR) is 51.8 cm³/mol. The van der Waals surface area contributed by atoms with E-state index in [4.69, 9.17) is 0 Å². The van der Waals surface area contributed by atoms with Crippen molar-refractivity contribution in [2.45, 2.75) is 20.3 Å². The number of carbonyl (C=O) groups excluding carboxylic acids is 1. The molecule has 0 aromatic rings. The zero-order chi connectivity index (χ0) is 9.68. The van der Waals surface area contributed by atoms with E-state index in [2.05, 4.69) is 28.7 Å². The van der Waals surface area contributed by atoms with Gasteiger partial charge in [0.2, 0.25) is 5.91 Å². The van der Waals surface area contributed by atoms with Crippen molar-refractivity contribution in [2.24, 2.45) is 0 Å². The number of amides is 1. The molecule has 0 saturated heterocycles. The fourth-order valence-corrected chi connectivity index (χ4v) is 1.24. The lowest BCUT2D eigenvalue weighted by Gasteiger charge is -2.09. The largest absolute Gasteiger partial charge is 0.370 e. The van der Waals surface area contributed by atoms with Gasteiger partial charge in [-0.3, -0.25) is 4.79 Å². The molecule has 0 fully saturated rings. The molecule has 0 bridgehead atoms. The average Bonchev–Trinajstić information content (AvgIpc) is 2.52. The van der Waals surface area contributed by atoms with Crippen LogP contribution < -0.4 is 10.6 Å². The van der Waals surface area contributed by atoms with E-state index >= 15 is 0 Å². The fourth-order valence-electron chi connectivity index (χ4n) is 1.24. The summed E-state index contributed by atoms with van der Waals surface area (Å²) in [5.41, 5.74) is 1.20. The van der Waals surface area contributed by atoms with Gasteiger partial charge in [0, 0.05) is 38.3 Å². The Balaban J connectivity index is 2.19. The Bertz CT molecular complexity index is 213. The number of hydrogen-bond donors (Lipinski definition) is 2. The van der Waals surface area contributed by atoms with Crippen LogP contribution >= 0.6 is 0 Å². The molecule has 4 nitrogen and oxygen atoms in total. The van der Waals surface area contributed by atoms with Crippen molar-refractivity contribution in [1.82, 2.24) is 15.5 Å². The van der Waals surface area contributed by atoms with Crippen LogP contribution in [0.25, 0.3) is 0 Å². The minimum absolute atomic E-state index is 0.0333. The average molecular weight is 183 g/mol. The van der Waals surface area contributed by atoms with Crippen molar-refractivity contribution in [3.05, 3.63) is 11.9 Å². The number of carbonyl (C=O) groups is 1. The predicted octanol–water partition coefficient (Wildman–Crippen LogP) is 0.237. The maximum absolute atomic E-state index is 10.6. The molecule has 1 heterocycles. The maximum Gasteiger partial charge on any atom is 0.216 e. The van der Waals surface area contributed by atoms with E-state index in [9.17, 15) is 4.79 Å². The maximum atomic E-state index is 10.6. The molecular formula is C9H17N3O. The molecule has 1 amide bonds. The van der Waals surface area contributed by atoms with Gasteiger partial charge >= 0.3 is 0 Å². The van der Waals surface area contributed by atoms with Gasteiger partial charge in [0.25, 0.3) is 0 Å². The summed E-state index contributed by atoms with van der Waals surface area (Å²) in [6.07, 6.45) is 3.00. The first-order valence-corrected chi connectivity index (χ1v) is 4.65. The summed E-state index contributed by atoms with van der Waals surface area (Å²) in [4.78, 5) is 12.8. The summed E-state index contributed by atoms with van der Waals surface area (Å²) in [7, 11) is 0. The van der Waals surface area contributed by atoms with E-state index in [-0.39, 0.29) is 5.91 Å². The van der Waals surface area contributed by atoms with Gasteiger partial charge < -0.3 is 15.5 Å². The summed E-state index contributed by atoms with van der Waals surface area (Å²) < 4.78 is 0. The first kappa shape index (κ1) is 9.89. The second-order valence-electron chi connectivity index (χ2n) is 3.13. The Hall–Kier alpha value is -1.19.